The minimum atomic E-state index is 0.185. The van der Waals surface area contributed by atoms with Gasteiger partial charge in [-0.25, -0.2) is 0 Å². The van der Waals surface area contributed by atoms with Gasteiger partial charge in [0.25, 0.3) is 0 Å². The van der Waals surface area contributed by atoms with Crippen molar-refractivity contribution in [3.63, 3.8) is 0 Å². The van der Waals surface area contributed by atoms with Gasteiger partial charge in [0, 0.05) is 17.0 Å². The number of ketones is 1. The Morgan fingerprint density at radius 2 is 2.23 bits per heavy atom. The second kappa shape index (κ2) is 3.62. The van der Waals surface area contributed by atoms with E-state index in [-0.39, 0.29) is 6.04 Å². The lowest BCUT2D eigenvalue weighted by atomic mass is 10.1. The van der Waals surface area contributed by atoms with Gasteiger partial charge in [-0.2, -0.15) is 11.8 Å². The second-order valence-corrected chi connectivity index (χ2v) is 5.43. The molecule has 1 heterocycles. The van der Waals surface area contributed by atoms with Crippen LogP contribution in [0, 0.1) is 0 Å². The minimum absolute atomic E-state index is 0.185. The van der Waals surface area contributed by atoms with Crippen LogP contribution in [-0.2, 0) is 4.79 Å². The zero-order valence-corrected chi connectivity index (χ0v) is 9.14. The van der Waals surface area contributed by atoms with Crippen LogP contribution in [0.2, 0.25) is 0 Å². The van der Waals surface area contributed by atoms with Crippen molar-refractivity contribution < 1.29 is 4.79 Å². The van der Waals surface area contributed by atoms with Gasteiger partial charge < -0.3 is 0 Å². The number of carbonyl (C=O) groups is 1. The summed E-state index contributed by atoms with van der Waals surface area (Å²) in [6.07, 6.45) is 3.99. The number of carbonyl (C=O) groups excluding carboxylic acids is 1. The maximum Gasteiger partial charge on any atom is 0.147 e. The van der Waals surface area contributed by atoms with Gasteiger partial charge in [-0.15, -0.1) is 0 Å². The summed E-state index contributed by atoms with van der Waals surface area (Å²) < 4.78 is 0. The summed E-state index contributed by atoms with van der Waals surface area (Å²) >= 11 is 2.01. The van der Waals surface area contributed by atoms with Crippen molar-refractivity contribution in [2.24, 2.45) is 0 Å². The molecule has 1 saturated heterocycles. The third-order valence-corrected chi connectivity index (χ3v) is 4.86. The van der Waals surface area contributed by atoms with Crippen LogP contribution < -0.4 is 0 Å². The number of rotatable bonds is 1. The molecule has 0 radical (unpaired) electrons. The molecule has 0 aromatic rings. The summed E-state index contributed by atoms with van der Waals surface area (Å²) in [5.41, 5.74) is 0. The quantitative estimate of drug-likeness (QED) is 0.639. The van der Waals surface area contributed by atoms with Gasteiger partial charge >= 0.3 is 0 Å². The Balaban J connectivity index is 2.08. The summed E-state index contributed by atoms with van der Waals surface area (Å²) in [5.74, 6) is 1.34. The molecule has 0 spiro atoms. The normalized spacial score (nSPS) is 40.3. The van der Waals surface area contributed by atoms with E-state index in [1.54, 1.807) is 6.92 Å². The van der Waals surface area contributed by atoms with E-state index in [1.807, 2.05) is 11.8 Å². The highest BCUT2D eigenvalue weighted by atomic mass is 32.2. The number of nitrogens with zero attached hydrogens (tertiary/aromatic N) is 1. The average molecular weight is 199 g/mol. The van der Waals surface area contributed by atoms with E-state index in [2.05, 4.69) is 11.9 Å². The van der Waals surface area contributed by atoms with Crippen LogP contribution in [0.25, 0.3) is 0 Å². The summed E-state index contributed by atoms with van der Waals surface area (Å²) in [7, 11) is 2.12. The first-order valence-corrected chi connectivity index (χ1v) is 6.09. The van der Waals surface area contributed by atoms with Crippen molar-refractivity contribution >= 4 is 17.5 Å². The van der Waals surface area contributed by atoms with Crippen molar-refractivity contribution in [1.82, 2.24) is 4.90 Å². The average Bonchev–Trinajstić information content (AvgIpc) is 2.52. The number of hydrogen-bond donors (Lipinski definition) is 0. The lowest BCUT2D eigenvalue weighted by Crippen LogP contribution is -2.51. The number of likely N-dealkylation sites (N-methyl/N-ethyl adjacent to an activating group) is 1. The molecule has 2 aliphatic rings. The van der Waals surface area contributed by atoms with Gasteiger partial charge in [-0.3, -0.25) is 9.69 Å². The number of thioether (sulfide) groups is 1. The molecular weight excluding hydrogens is 182 g/mol. The Labute approximate surface area is 84.1 Å². The zero-order valence-electron chi connectivity index (χ0n) is 8.32. The van der Waals surface area contributed by atoms with Crippen LogP contribution >= 0.6 is 11.8 Å². The van der Waals surface area contributed by atoms with Crippen molar-refractivity contribution in [2.45, 2.75) is 43.5 Å². The highest BCUT2D eigenvalue weighted by Crippen LogP contribution is 2.38. The zero-order chi connectivity index (χ0) is 9.42. The Bertz CT molecular complexity index is 219. The molecule has 2 nitrogen and oxygen atoms in total. The van der Waals surface area contributed by atoms with Crippen LogP contribution in [0.5, 0.6) is 0 Å². The van der Waals surface area contributed by atoms with Crippen molar-refractivity contribution in [3.8, 4) is 0 Å². The van der Waals surface area contributed by atoms with Crippen LogP contribution in [0.3, 0.4) is 0 Å². The van der Waals surface area contributed by atoms with E-state index in [0.29, 0.717) is 11.8 Å². The fraction of sp³-hybridized carbons (Fsp3) is 0.900. The predicted molar refractivity (Wildman–Crippen MR) is 56.1 cm³/mol. The molecule has 3 atom stereocenters. The molecule has 3 heteroatoms. The first-order chi connectivity index (χ1) is 6.20. The number of fused-ring (bicyclic) bond motifs is 1. The molecular formula is C10H17NOS. The lowest BCUT2D eigenvalue weighted by Gasteiger charge is -2.39. The molecule has 0 N–H and O–H groups in total. The number of hydrogen-bond acceptors (Lipinski definition) is 3. The molecule has 2 fully saturated rings. The molecule has 2 rings (SSSR count). The summed E-state index contributed by atoms with van der Waals surface area (Å²) in [4.78, 5) is 13.7. The van der Waals surface area contributed by atoms with Crippen LogP contribution in [0.4, 0.5) is 0 Å². The van der Waals surface area contributed by atoms with Gasteiger partial charge in [0.15, 0.2) is 0 Å². The van der Waals surface area contributed by atoms with E-state index in [0.717, 1.165) is 11.0 Å². The molecule has 0 bridgehead atoms. The fourth-order valence-electron chi connectivity index (χ4n) is 2.53. The Morgan fingerprint density at radius 3 is 2.92 bits per heavy atom. The third kappa shape index (κ3) is 1.64. The van der Waals surface area contributed by atoms with Gasteiger partial charge in [-0.1, -0.05) is 6.42 Å². The summed E-state index contributed by atoms with van der Waals surface area (Å²) in [5, 5.41) is 0.806. The van der Waals surface area contributed by atoms with Crippen molar-refractivity contribution in [2.75, 3.05) is 12.8 Å². The van der Waals surface area contributed by atoms with Crippen LogP contribution in [0.15, 0.2) is 0 Å². The van der Waals surface area contributed by atoms with E-state index >= 15 is 0 Å². The highest BCUT2D eigenvalue weighted by molar-refractivity contribution is 8.00. The second-order valence-electron chi connectivity index (χ2n) is 4.16. The van der Waals surface area contributed by atoms with Crippen molar-refractivity contribution in [3.05, 3.63) is 0 Å². The van der Waals surface area contributed by atoms with Gasteiger partial charge in [0.05, 0.1) is 6.04 Å². The van der Waals surface area contributed by atoms with Gasteiger partial charge in [0.2, 0.25) is 0 Å². The summed E-state index contributed by atoms with van der Waals surface area (Å²) in [6.45, 7) is 1.72. The highest BCUT2D eigenvalue weighted by Gasteiger charge is 2.39. The molecule has 3 unspecified atom stereocenters. The molecule has 1 aliphatic carbocycles. The molecule has 1 aliphatic heterocycles. The Hall–Kier alpha value is -0.0200. The molecule has 0 aromatic heterocycles. The predicted octanol–water partition coefficient (Wildman–Crippen LogP) is 1.54. The molecule has 0 amide bonds. The molecule has 74 valence electrons. The number of Topliss-reactive ketones (excluding diaryl/α,β-unsaturated/α-hetero) is 1. The maximum absolute atomic E-state index is 11.3. The Kier molecular flexibility index (Phi) is 2.65. The third-order valence-electron chi connectivity index (χ3n) is 3.37. The molecule has 1 saturated carbocycles. The van der Waals surface area contributed by atoms with Gasteiger partial charge in [-0.05, 0) is 26.8 Å². The first kappa shape index (κ1) is 9.53. The van der Waals surface area contributed by atoms with E-state index in [9.17, 15) is 4.79 Å². The minimum Gasteiger partial charge on any atom is -0.298 e. The molecule has 0 aromatic carbocycles. The van der Waals surface area contributed by atoms with Crippen molar-refractivity contribution in [1.29, 1.82) is 0 Å². The molecule has 13 heavy (non-hydrogen) atoms. The maximum atomic E-state index is 11.3. The smallest absolute Gasteiger partial charge is 0.147 e. The first-order valence-electron chi connectivity index (χ1n) is 5.04. The van der Waals surface area contributed by atoms with E-state index in [1.165, 1.54) is 19.3 Å². The fourth-order valence-corrected chi connectivity index (χ4v) is 4.32. The van der Waals surface area contributed by atoms with Crippen LogP contribution in [-0.4, -0.2) is 40.8 Å². The lowest BCUT2D eigenvalue weighted by molar-refractivity contribution is -0.121. The topological polar surface area (TPSA) is 20.3 Å². The summed E-state index contributed by atoms with van der Waals surface area (Å²) in [6, 6.07) is 0.858. The Morgan fingerprint density at radius 1 is 1.46 bits per heavy atom. The monoisotopic (exact) mass is 199 g/mol. The SMILES string of the molecule is CC(=O)C1CSC2CCCC2N1C. The largest absolute Gasteiger partial charge is 0.298 e. The van der Waals surface area contributed by atoms with E-state index in [4.69, 9.17) is 0 Å². The van der Waals surface area contributed by atoms with Gasteiger partial charge in [0.1, 0.15) is 5.78 Å². The van der Waals surface area contributed by atoms with E-state index < -0.39 is 0 Å². The standard InChI is InChI=1S/C10H17NOS/c1-7(12)9-6-13-10-5-3-4-8(10)11(9)2/h8-10H,3-6H2,1-2H3. The van der Waals surface area contributed by atoms with Crippen LogP contribution in [0.1, 0.15) is 26.2 Å².